The van der Waals surface area contributed by atoms with Crippen molar-refractivity contribution < 1.29 is 0 Å². The third kappa shape index (κ3) is 3.50. The van der Waals surface area contributed by atoms with Gasteiger partial charge in [0.2, 0.25) is 0 Å². The topological polar surface area (TPSA) is 15.3 Å². The predicted octanol–water partition coefficient (Wildman–Crippen LogP) is 2.84. The molecule has 0 radical (unpaired) electrons. The Morgan fingerprint density at radius 3 is 2.63 bits per heavy atom. The molecule has 1 aliphatic rings. The van der Waals surface area contributed by atoms with Crippen LogP contribution in [0.15, 0.2) is 47.4 Å². The number of fused-ring (bicyclic) bond motifs is 1. The molecule has 1 fully saturated rings. The van der Waals surface area contributed by atoms with Crippen molar-refractivity contribution in [2.24, 2.45) is 0 Å². The highest BCUT2D eigenvalue weighted by atomic mass is 32.2. The van der Waals surface area contributed by atoms with Crippen molar-refractivity contribution in [1.29, 1.82) is 0 Å². The standard InChI is InChI=1S/C16H20N2S/c1-2-4-15-13-16(6-5-14(15)3-1)19-12-11-18-9-7-17-8-10-18/h1-6,13,17H,7-12H2. The van der Waals surface area contributed by atoms with Crippen molar-refractivity contribution >= 4 is 22.5 Å². The van der Waals surface area contributed by atoms with Crippen LogP contribution in [0.5, 0.6) is 0 Å². The van der Waals surface area contributed by atoms with Gasteiger partial charge in [0.05, 0.1) is 0 Å². The Balaban J connectivity index is 1.56. The Morgan fingerprint density at radius 2 is 1.79 bits per heavy atom. The third-order valence-corrected chi connectivity index (χ3v) is 4.58. The van der Waals surface area contributed by atoms with Crippen LogP contribution in [0.4, 0.5) is 0 Å². The zero-order valence-corrected chi connectivity index (χ0v) is 12.0. The van der Waals surface area contributed by atoms with Gasteiger partial charge in [-0.1, -0.05) is 30.3 Å². The molecule has 0 spiro atoms. The summed E-state index contributed by atoms with van der Waals surface area (Å²) in [6.45, 7) is 5.86. The lowest BCUT2D eigenvalue weighted by molar-refractivity contribution is 0.255. The minimum absolute atomic E-state index is 1.14. The second-order valence-corrected chi connectivity index (χ2v) is 6.12. The van der Waals surface area contributed by atoms with Crippen LogP contribution in [0.2, 0.25) is 0 Å². The molecule has 2 nitrogen and oxygen atoms in total. The molecule has 19 heavy (non-hydrogen) atoms. The Labute approximate surface area is 119 Å². The van der Waals surface area contributed by atoms with E-state index in [9.17, 15) is 0 Å². The van der Waals surface area contributed by atoms with Crippen LogP contribution < -0.4 is 5.32 Å². The molecule has 0 bridgehead atoms. The summed E-state index contributed by atoms with van der Waals surface area (Å²) < 4.78 is 0. The first kappa shape index (κ1) is 13.0. The maximum Gasteiger partial charge on any atom is 0.0108 e. The summed E-state index contributed by atoms with van der Waals surface area (Å²) in [4.78, 5) is 3.93. The average Bonchev–Trinajstić information content (AvgIpc) is 2.48. The second-order valence-electron chi connectivity index (χ2n) is 4.95. The van der Waals surface area contributed by atoms with Gasteiger partial charge in [-0.2, -0.15) is 0 Å². The monoisotopic (exact) mass is 272 g/mol. The lowest BCUT2D eigenvalue weighted by atomic mass is 10.1. The highest BCUT2D eigenvalue weighted by Gasteiger charge is 2.08. The van der Waals surface area contributed by atoms with Crippen LogP contribution in [-0.4, -0.2) is 43.4 Å². The molecule has 0 unspecified atom stereocenters. The van der Waals surface area contributed by atoms with E-state index in [0.29, 0.717) is 0 Å². The molecule has 0 aliphatic carbocycles. The maximum atomic E-state index is 3.39. The average molecular weight is 272 g/mol. The molecule has 0 aromatic heterocycles. The first-order chi connectivity index (χ1) is 9.42. The molecule has 0 saturated carbocycles. The molecule has 1 N–H and O–H groups in total. The van der Waals surface area contributed by atoms with Crippen molar-refractivity contribution in [3.63, 3.8) is 0 Å². The van der Waals surface area contributed by atoms with Crippen molar-refractivity contribution in [2.75, 3.05) is 38.5 Å². The van der Waals surface area contributed by atoms with Gasteiger partial charge in [-0.15, -0.1) is 11.8 Å². The fourth-order valence-corrected chi connectivity index (χ4v) is 3.44. The number of rotatable bonds is 4. The fraction of sp³-hybridized carbons (Fsp3) is 0.375. The number of piperazine rings is 1. The van der Waals surface area contributed by atoms with Gasteiger partial charge in [-0.3, -0.25) is 4.90 Å². The summed E-state index contributed by atoms with van der Waals surface area (Å²) in [6, 6.07) is 15.3. The number of benzene rings is 2. The molecule has 2 aromatic carbocycles. The molecule has 1 aliphatic heterocycles. The number of nitrogens with one attached hydrogen (secondary N) is 1. The Bertz CT molecular complexity index is 535. The third-order valence-electron chi connectivity index (χ3n) is 3.61. The summed E-state index contributed by atoms with van der Waals surface area (Å²) in [5, 5.41) is 6.06. The number of hydrogen-bond donors (Lipinski definition) is 1. The molecule has 3 rings (SSSR count). The quantitative estimate of drug-likeness (QED) is 0.862. The summed E-state index contributed by atoms with van der Waals surface area (Å²) in [5.41, 5.74) is 0. The highest BCUT2D eigenvalue weighted by Crippen LogP contribution is 2.23. The largest absolute Gasteiger partial charge is 0.314 e. The van der Waals surface area contributed by atoms with Gasteiger partial charge >= 0.3 is 0 Å². The molecule has 1 heterocycles. The Hall–Kier alpha value is -1.03. The van der Waals surface area contributed by atoms with Gasteiger partial charge in [0.15, 0.2) is 0 Å². The van der Waals surface area contributed by atoms with E-state index >= 15 is 0 Å². The molecule has 0 atom stereocenters. The van der Waals surface area contributed by atoms with Crippen molar-refractivity contribution in [3.05, 3.63) is 42.5 Å². The first-order valence-electron chi connectivity index (χ1n) is 6.96. The van der Waals surface area contributed by atoms with Crippen molar-refractivity contribution in [1.82, 2.24) is 10.2 Å². The second kappa shape index (κ2) is 6.42. The molecule has 2 aromatic rings. The van der Waals surface area contributed by atoms with Gasteiger partial charge in [-0.05, 0) is 22.9 Å². The van der Waals surface area contributed by atoms with E-state index in [2.05, 4.69) is 52.7 Å². The van der Waals surface area contributed by atoms with E-state index in [1.165, 1.54) is 41.1 Å². The highest BCUT2D eigenvalue weighted by molar-refractivity contribution is 7.99. The SMILES string of the molecule is c1ccc2cc(SCCN3CCNCC3)ccc2c1. The van der Waals surface area contributed by atoms with Gasteiger partial charge in [-0.25, -0.2) is 0 Å². The number of thioether (sulfide) groups is 1. The summed E-state index contributed by atoms with van der Waals surface area (Å²) in [5.74, 6) is 1.18. The molecule has 3 heteroatoms. The summed E-state index contributed by atoms with van der Waals surface area (Å²) >= 11 is 1.97. The summed E-state index contributed by atoms with van der Waals surface area (Å²) in [7, 11) is 0. The molecular formula is C16H20N2S. The van der Waals surface area contributed by atoms with Crippen LogP contribution in [0.1, 0.15) is 0 Å². The van der Waals surface area contributed by atoms with E-state index < -0.39 is 0 Å². The Morgan fingerprint density at radius 1 is 1.00 bits per heavy atom. The fourth-order valence-electron chi connectivity index (χ4n) is 2.48. The predicted molar refractivity (Wildman–Crippen MR) is 84.0 cm³/mol. The van der Waals surface area contributed by atoms with E-state index in [0.717, 1.165) is 13.1 Å². The van der Waals surface area contributed by atoms with Crippen LogP contribution in [0.25, 0.3) is 10.8 Å². The van der Waals surface area contributed by atoms with Crippen LogP contribution in [-0.2, 0) is 0 Å². The number of nitrogens with zero attached hydrogens (tertiary/aromatic N) is 1. The van der Waals surface area contributed by atoms with E-state index in [-0.39, 0.29) is 0 Å². The molecule has 1 saturated heterocycles. The van der Waals surface area contributed by atoms with Crippen LogP contribution in [0.3, 0.4) is 0 Å². The smallest absolute Gasteiger partial charge is 0.0108 e. The first-order valence-corrected chi connectivity index (χ1v) is 7.95. The molecular weight excluding hydrogens is 252 g/mol. The van der Waals surface area contributed by atoms with Gasteiger partial charge in [0, 0.05) is 43.4 Å². The van der Waals surface area contributed by atoms with E-state index in [1.807, 2.05) is 11.8 Å². The normalized spacial score (nSPS) is 16.8. The zero-order valence-electron chi connectivity index (χ0n) is 11.1. The molecule has 100 valence electrons. The Kier molecular flexibility index (Phi) is 4.38. The van der Waals surface area contributed by atoms with Gasteiger partial charge in [0.1, 0.15) is 0 Å². The lowest BCUT2D eigenvalue weighted by Gasteiger charge is -2.26. The van der Waals surface area contributed by atoms with Crippen molar-refractivity contribution in [2.45, 2.75) is 4.90 Å². The number of hydrogen-bond acceptors (Lipinski definition) is 3. The lowest BCUT2D eigenvalue weighted by Crippen LogP contribution is -2.44. The van der Waals surface area contributed by atoms with Gasteiger partial charge < -0.3 is 5.32 Å². The van der Waals surface area contributed by atoms with E-state index in [4.69, 9.17) is 0 Å². The van der Waals surface area contributed by atoms with Crippen molar-refractivity contribution in [3.8, 4) is 0 Å². The maximum absolute atomic E-state index is 3.39. The van der Waals surface area contributed by atoms with Crippen LogP contribution in [0, 0.1) is 0 Å². The van der Waals surface area contributed by atoms with Crippen LogP contribution >= 0.6 is 11.8 Å². The minimum Gasteiger partial charge on any atom is -0.314 e. The minimum atomic E-state index is 1.14. The van der Waals surface area contributed by atoms with E-state index in [1.54, 1.807) is 0 Å². The van der Waals surface area contributed by atoms with Gasteiger partial charge in [0.25, 0.3) is 0 Å². The summed E-state index contributed by atoms with van der Waals surface area (Å²) in [6.07, 6.45) is 0. The zero-order chi connectivity index (χ0) is 12.9. The molecule has 0 amide bonds.